The number of aromatic nitrogens is 3. The summed E-state index contributed by atoms with van der Waals surface area (Å²) in [5, 5.41) is 8.94. The van der Waals surface area contributed by atoms with Crippen molar-refractivity contribution in [3.63, 3.8) is 0 Å². The summed E-state index contributed by atoms with van der Waals surface area (Å²) in [5.74, 6) is 0.397. The van der Waals surface area contributed by atoms with Gasteiger partial charge in [-0.2, -0.15) is 0 Å². The van der Waals surface area contributed by atoms with Gasteiger partial charge < -0.3 is 4.90 Å². The largest absolute Gasteiger partial charge is 0.337 e. The molecule has 0 bridgehead atoms. The van der Waals surface area contributed by atoms with E-state index in [0.29, 0.717) is 29.6 Å². The van der Waals surface area contributed by atoms with Crippen molar-refractivity contribution in [2.24, 2.45) is 0 Å². The van der Waals surface area contributed by atoms with Gasteiger partial charge in [0.1, 0.15) is 5.82 Å². The first kappa shape index (κ1) is 19.4. The lowest BCUT2D eigenvalue weighted by Crippen LogP contribution is -2.37. The van der Waals surface area contributed by atoms with Gasteiger partial charge in [-0.25, -0.2) is 4.39 Å². The average molecular weight is 409 g/mol. The van der Waals surface area contributed by atoms with Gasteiger partial charge in [-0.1, -0.05) is 54.2 Å². The molecule has 0 saturated carbocycles. The SMILES string of the molecule is C=CCn1c(SCC(=O)N2CCc3ccccc3C2)nnc1-c1ccccc1F. The molecule has 0 fully saturated rings. The number of hydrogen-bond acceptors (Lipinski definition) is 4. The number of amides is 1. The monoisotopic (exact) mass is 408 g/mol. The second kappa shape index (κ2) is 8.61. The van der Waals surface area contributed by atoms with Crippen LogP contribution in [0.15, 0.2) is 66.3 Å². The molecule has 1 aliphatic heterocycles. The molecule has 0 radical (unpaired) electrons. The quantitative estimate of drug-likeness (QED) is 0.458. The Kier molecular flexibility index (Phi) is 5.76. The van der Waals surface area contributed by atoms with Crippen LogP contribution in [0, 0.1) is 5.82 Å². The molecule has 2 aromatic carbocycles. The highest BCUT2D eigenvalue weighted by Crippen LogP contribution is 2.27. The number of halogens is 1. The number of carbonyl (C=O) groups is 1. The molecule has 0 spiro atoms. The van der Waals surface area contributed by atoms with Crippen LogP contribution in [0.2, 0.25) is 0 Å². The van der Waals surface area contributed by atoms with Gasteiger partial charge in [-0.05, 0) is 29.7 Å². The number of thioether (sulfide) groups is 1. The standard InChI is InChI=1S/C22H21FN4OS/c1-2-12-27-21(18-9-5-6-10-19(18)23)24-25-22(27)29-15-20(28)26-13-11-16-7-3-4-8-17(16)14-26/h2-10H,1,11-15H2. The fraction of sp³-hybridized carbons (Fsp3) is 0.227. The molecule has 7 heteroatoms. The normalized spacial score (nSPS) is 13.2. The molecule has 5 nitrogen and oxygen atoms in total. The van der Waals surface area contributed by atoms with Crippen LogP contribution in [0.3, 0.4) is 0 Å². The van der Waals surface area contributed by atoms with E-state index in [2.05, 4.69) is 28.9 Å². The van der Waals surface area contributed by atoms with Crippen LogP contribution in [0.1, 0.15) is 11.1 Å². The first-order valence-electron chi connectivity index (χ1n) is 9.43. The van der Waals surface area contributed by atoms with Gasteiger partial charge in [0, 0.05) is 19.6 Å². The molecule has 3 aromatic rings. The minimum Gasteiger partial charge on any atom is -0.337 e. The van der Waals surface area contributed by atoms with Gasteiger partial charge >= 0.3 is 0 Å². The van der Waals surface area contributed by atoms with Gasteiger partial charge in [-0.3, -0.25) is 9.36 Å². The van der Waals surface area contributed by atoms with Crippen molar-refractivity contribution in [2.75, 3.05) is 12.3 Å². The van der Waals surface area contributed by atoms with Gasteiger partial charge in [0.2, 0.25) is 5.91 Å². The van der Waals surface area contributed by atoms with Gasteiger partial charge in [0.05, 0.1) is 11.3 Å². The van der Waals surface area contributed by atoms with Crippen LogP contribution < -0.4 is 0 Å². The number of allylic oxidation sites excluding steroid dienone is 1. The van der Waals surface area contributed by atoms with Crippen molar-refractivity contribution in [3.8, 4) is 11.4 Å². The number of benzene rings is 2. The van der Waals surface area contributed by atoms with E-state index in [1.54, 1.807) is 28.8 Å². The Morgan fingerprint density at radius 3 is 2.69 bits per heavy atom. The lowest BCUT2D eigenvalue weighted by Gasteiger charge is -2.28. The number of nitrogens with zero attached hydrogens (tertiary/aromatic N) is 4. The summed E-state index contributed by atoms with van der Waals surface area (Å²) < 4.78 is 16.0. The second-order valence-corrected chi connectivity index (χ2v) is 7.75. The molecule has 148 valence electrons. The molecule has 1 aliphatic rings. The lowest BCUT2D eigenvalue weighted by atomic mass is 10.00. The summed E-state index contributed by atoms with van der Waals surface area (Å²) in [6.07, 6.45) is 2.58. The van der Waals surface area contributed by atoms with E-state index in [-0.39, 0.29) is 17.5 Å². The average Bonchev–Trinajstić information content (AvgIpc) is 3.14. The van der Waals surface area contributed by atoms with Crippen LogP contribution in [0.5, 0.6) is 0 Å². The highest BCUT2D eigenvalue weighted by atomic mass is 32.2. The van der Waals surface area contributed by atoms with Crippen molar-refractivity contribution >= 4 is 17.7 Å². The Morgan fingerprint density at radius 2 is 1.90 bits per heavy atom. The van der Waals surface area contributed by atoms with Crippen LogP contribution in [-0.2, 0) is 24.3 Å². The van der Waals surface area contributed by atoms with E-state index in [0.717, 1.165) is 13.0 Å². The Bertz CT molecular complexity index is 1050. The predicted octanol–water partition coefficient (Wildman–Crippen LogP) is 3.95. The molecular formula is C22H21FN4OS. The first-order chi connectivity index (χ1) is 14.2. The van der Waals surface area contributed by atoms with Crippen LogP contribution >= 0.6 is 11.8 Å². The maximum atomic E-state index is 14.2. The third kappa shape index (κ3) is 4.10. The molecular weight excluding hydrogens is 387 g/mol. The zero-order valence-electron chi connectivity index (χ0n) is 15.9. The van der Waals surface area contributed by atoms with Crippen molar-refractivity contribution < 1.29 is 9.18 Å². The molecule has 0 aliphatic carbocycles. The van der Waals surface area contributed by atoms with Crippen molar-refractivity contribution in [1.82, 2.24) is 19.7 Å². The zero-order valence-corrected chi connectivity index (χ0v) is 16.7. The number of rotatable bonds is 6. The molecule has 4 rings (SSSR count). The van der Waals surface area contributed by atoms with E-state index in [4.69, 9.17) is 0 Å². The first-order valence-corrected chi connectivity index (χ1v) is 10.4. The number of hydrogen-bond donors (Lipinski definition) is 0. The highest BCUT2D eigenvalue weighted by Gasteiger charge is 2.22. The zero-order chi connectivity index (χ0) is 20.2. The number of carbonyl (C=O) groups excluding carboxylic acids is 1. The van der Waals surface area contributed by atoms with Crippen molar-refractivity contribution in [2.45, 2.75) is 24.7 Å². The van der Waals surface area contributed by atoms with Crippen LogP contribution in [0.4, 0.5) is 4.39 Å². The summed E-state index contributed by atoms with van der Waals surface area (Å²) in [5.41, 5.74) is 2.89. The number of fused-ring (bicyclic) bond motifs is 1. The molecule has 0 N–H and O–H groups in total. The van der Waals surface area contributed by atoms with E-state index in [1.165, 1.54) is 29.0 Å². The minimum absolute atomic E-state index is 0.0603. The van der Waals surface area contributed by atoms with E-state index < -0.39 is 0 Å². The Morgan fingerprint density at radius 1 is 1.14 bits per heavy atom. The summed E-state index contributed by atoms with van der Waals surface area (Å²) in [7, 11) is 0. The molecule has 2 heterocycles. The topological polar surface area (TPSA) is 51.0 Å². The lowest BCUT2D eigenvalue weighted by molar-refractivity contribution is -0.129. The maximum Gasteiger partial charge on any atom is 0.233 e. The molecule has 1 aromatic heterocycles. The third-order valence-electron chi connectivity index (χ3n) is 4.95. The van der Waals surface area contributed by atoms with Crippen LogP contribution in [-0.4, -0.2) is 37.9 Å². The van der Waals surface area contributed by atoms with E-state index >= 15 is 0 Å². The second-order valence-electron chi connectivity index (χ2n) is 6.81. The summed E-state index contributed by atoms with van der Waals surface area (Å²) in [6.45, 7) is 5.56. The predicted molar refractivity (Wildman–Crippen MR) is 112 cm³/mol. The molecule has 1 amide bonds. The smallest absolute Gasteiger partial charge is 0.233 e. The summed E-state index contributed by atoms with van der Waals surface area (Å²) in [4.78, 5) is 14.6. The summed E-state index contributed by atoms with van der Waals surface area (Å²) >= 11 is 1.32. The van der Waals surface area contributed by atoms with Crippen molar-refractivity contribution in [3.05, 3.63) is 78.1 Å². The maximum absolute atomic E-state index is 14.2. The Hall–Kier alpha value is -2.93. The molecule has 0 atom stereocenters. The van der Waals surface area contributed by atoms with Crippen molar-refractivity contribution in [1.29, 1.82) is 0 Å². The third-order valence-corrected chi connectivity index (χ3v) is 5.90. The minimum atomic E-state index is -0.357. The Labute approximate surface area is 173 Å². The molecule has 0 saturated heterocycles. The molecule has 0 unspecified atom stereocenters. The van der Waals surface area contributed by atoms with E-state index in [9.17, 15) is 9.18 Å². The molecule has 29 heavy (non-hydrogen) atoms. The summed E-state index contributed by atoms with van der Waals surface area (Å²) in [6, 6.07) is 14.7. The van der Waals surface area contributed by atoms with E-state index in [1.807, 2.05) is 17.0 Å². The van der Waals surface area contributed by atoms with Gasteiger partial charge in [0.25, 0.3) is 0 Å². The fourth-order valence-corrected chi connectivity index (χ4v) is 4.31. The fourth-order valence-electron chi connectivity index (χ4n) is 3.46. The Balaban J connectivity index is 1.48. The van der Waals surface area contributed by atoms with Gasteiger partial charge in [-0.15, -0.1) is 16.8 Å². The van der Waals surface area contributed by atoms with Crippen LogP contribution in [0.25, 0.3) is 11.4 Å². The van der Waals surface area contributed by atoms with Gasteiger partial charge in [0.15, 0.2) is 11.0 Å². The highest BCUT2D eigenvalue weighted by molar-refractivity contribution is 7.99.